The molecule has 9 rings (SSSR count). The highest BCUT2D eigenvalue weighted by atomic mass is 35.5. The third kappa shape index (κ3) is 8.67. The van der Waals surface area contributed by atoms with Crippen LogP contribution in [-0.4, -0.2) is 66.8 Å². The highest BCUT2D eigenvalue weighted by molar-refractivity contribution is 7.15. The number of aliphatic imine (C=N–C) groups is 1. The van der Waals surface area contributed by atoms with Crippen LogP contribution in [0.4, 0.5) is 5.82 Å². The van der Waals surface area contributed by atoms with Gasteiger partial charge in [0.25, 0.3) is 5.91 Å². The molecule has 61 heavy (non-hydrogen) atoms. The number of nitrogens with one attached hydrogen (secondary N) is 1. The summed E-state index contributed by atoms with van der Waals surface area (Å²) in [4.78, 5) is 26.4. The second-order valence-electron chi connectivity index (χ2n) is 16.3. The molecule has 15 heteroatoms. The first-order chi connectivity index (χ1) is 29.7. The Morgan fingerprint density at radius 1 is 0.984 bits per heavy atom. The van der Waals surface area contributed by atoms with Gasteiger partial charge in [-0.15, -0.1) is 31.7 Å². The fourth-order valence-electron chi connectivity index (χ4n) is 8.75. The second kappa shape index (κ2) is 17.6. The monoisotopic (exact) mass is 854 g/mol. The van der Waals surface area contributed by atoms with Crippen molar-refractivity contribution in [2.75, 3.05) is 18.0 Å². The summed E-state index contributed by atoms with van der Waals surface area (Å²) in [6.07, 6.45) is 11.3. The summed E-state index contributed by atoms with van der Waals surface area (Å²) in [6, 6.07) is 19.6. The summed E-state index contributed by atoms with van der Waals surface area (Å²) in [5.41, 5.74) is 6.48. The zero-order chi connectivity index (χ0) is 42.0. The van der Waals surface area contributed by atoms with Crippen molar-refractivity contribution >= 4 is 40.4 Å². The summed E-state index contributed by atoms with van der Waals surface area (Å²) >= 11 is 7.93. The molecule has 1 amide bonds. The van der Waals surface area contributed by atoms with Crippen molar-refractivity contribution in [1.82, 2.24) is 35.3 Å². The number of anilines is 1. The summed E-state index contributed by atoms with van der Waals surface area (Å²) in [5.74, 6) is 4.14. The first kappa shape index (κ1) is 40.5. The van der Waals surface area contributed by atoms with E-state index >= 15 is 0 Å². The molecule has 2 fully saturated rings. The fourth-order valence-corrected chi connectivity index (χ4v) is 10.2. The predicted octanol–water partition coefficient (Wildman–Crippen LogP) is 8.66. The first-order valence-electron chi connectivity index (χ1n) is 21.0. The van der Waals surface area contributed by atoms with Crippen LogP contribution in [-0.2, 0) is 12.8 Å². The van der Waals surface area contributed by atoms with Crippen LogP contribution in [0.5, 0.6) is 5.75 Å². The number of nitrogens with zero attached hydrogens (tertiary/aromatic N) is 9. The Hall–Kier alpha value is -5.91. The van der Waals surface area contributed by atoms with E-state index in [1.807, 2.05) is 13.0 Å². The van der Waals surface area contributed by atoms with E-state index in [1.54, 1.807) is 48.1 Å². The van der Waals surface area contributed by atoms with Gasteiger partial charge in [-0.2, -0.15) is 5.26 Å². The largest absolute Gasteiger partial charge is 0.490 e. The number of nitriles is 1. The number of halogens is 1. The van der Waals surface area contributed by atoms with Crippen molar-refractivity contribution in [1.29, 1.82) is 5.26 Å². The number of carbonyl (C=O) groups excluding carboxylic acids is 1. The number of ether oxygens (including phenoxy) is 1. The number of hydrogen-bond donors (Lipinski definition) is 1. The molecule has 0 unspecified atom stereocenters. The molecule has 4 aromatic heterocycles. The molecule has 1 N–H and O–H groups in total. The number of hydrogen-bond acceptors (Lipinski definition) is 12. The summed E-state index contributed by atoms with van der Waals surface area (Å²) < 4.78 is 13.9. The number of amides is 1. The minimum atomic E-state index is -0.296. The van der Waals surface area contributed by atoms with Crippen molar-refractivity contribution < 1.29 is 13.9 Å². The van der Waals surface area contributed by atoms with Crippen molar-refractivity contribution in [3.63, 3.8) is 0 Å². The Morgan fingerprint density at radius 3 is 2.49 bits per heavy atom. The molecular weight excluding hydrogens is 808 g/mol. The molecule has 13 nitrogen and oxygen atoms in total. The topological polar surface area (TPSA) is 160 Å². The third-order valence-corrected chi connectivity index (χ3v) is 13.9. The maximum Gasteiger partial charge on any atom is 0.272 e. The van der Waals surface area contributed by atoms with Crippen molar-refractivity contribution in [2.24, 2.45) is 10.9 Å². The van der Waals surface area contributed by atoms with Crippen LogP contribution in [0.3, 0.4) is 0 Å². The molecule has 1 saturated heterocycles. The number of rotatable bonds is 11. The lowest BCUT2D eigenvalue weighted by Crippen LogP contribution is -2.40. The van der Waals surface area contributed by atoms with Crippen LogP contribution in [0.2, 0.25) is 5.02 Å². The molecule has 2 aromatic carbocycles. The molecule has 0 bridgehead atoms. The van der Waals surface area contributed by atoms with Crippen molar-refractivity contribution in [3.8, 4) is 16.8 Å². The number of fused-ring (bicyclic) bond motifs is 3. The minimum absolute atomic E-state index is 0.0333. The van der Waals surface area contributed by atoms with Crippen LogP contribution in [0.25, 0.3) is 5.00 Å². The number of thiophene rings is 1. The van der Waals surface area contributed by atoms with Gasteiger partial charge in [0.15, 0.2) is 23.2 Å². The van der Waals surface area contributed by atoms with Gasteiger partial charge in [-0.3, -0.25) is 14.4 Å². The van der Waals surface area contributed by atoms with Crippen LogP contribution in [0.1, 0.15) is 112 Å². The van der Waals surface area contributed by atoms with Crippen LogP contribution in [0, 0.1) is 38.0 Å². The van der Waals surface area contributed by atoms with Gasteiger partial charge in [-0.25, -0.2) is 4.98 Å². The van der Waals surface area contributed by atoms with Crippen LogP contribution < -0.4 is 15.0 Å². The average molecular weight is 855 g/mol. The number of aromatic nitrogens is 6. The zero-order valence-corrected chi connectivity index (χ0v) is 36.0. The van der Waals surface area contributed by atoms with Crippen LogP contribution >= 0.6 is 22.9 Å². The van der Waals surface area contributed by atoms with Gasteiger partial charge in [0.1, 0.15) is 34.9 Å². The lowest BCUT2D eigenvalue weighted by molar-refractivity contribution is 0.0888. The van der Waals surface area contributed by atoms with Gasteiger partial charge in [0.2, 0.25) is 0 Å². The lowest BCUT2D eigenvalue weighted by Gasteiger charge is -2.32. The molecular formula is C46H47ClN10O3S. The van der Waals surface area contributed by atoms with Gasteiger partial charge in [-0.1, -0.05) is 35.9 Å². The van der Waals surface area contributed by atoms with Crippen LogP contribution in [0.15, 0.2) is 76.5 Å². The van der Waals surface area contributed by atoms with Gasteiger partial charge >= 0.3 is 0 Å². The molecule has 0 radical (unpaired) electrons. The first-order valence-corrected chi connectivity index (χ1v) is 22.2. The van der Waals surface area contributed by atoms with Crippen molar-refractivity contribution in [2.45, 2.75) is 96.7 Å². The highest BCUT2D eigenvalue weighted by Gasteiger charge is 2.32. The third-order valence-electron chi connectivity index (χ3n) is 12.4. The van der Waals surface area contributed by atoms with E-state index in [1.165, 1.54) is 16.0 Å². The lowest BCUT2D eigenvalue weighted by atomic mass is 9.90. The smallest absolute Gasteiger partial charge is 0.272 e. The normalized spacial score (nSPS) is 19.0. The Morgan fingerprint density at radius 2 is 1.79 bits per heavy atom. The molecule has 1 atom stereocenters. The number of piperidine rings is 1. The van der Waals surface area contributed by atoms with E-state index in [4.69, 9.17) is 31.0 Å². The molecule has 1 saturated carbocycles. The zero-order valence-electron chi connectivity index (χ0n) is 34.5. The predicted molar refractivity (Wildman–Crippen MR) is 234 cm³/mol. The maximum atomic E-state index is 13.1. The van der Waals surface area contributed by atoms with E-state index in [9.17, 15) is 4.79 Å². The Kier molecular flexibility index (Phi) is 11.7. The summed E-state index contributed by atoms with van der Waals surface area (Å²) in [6.45, 7) is 8.16. The van der Waals surface area contributed by atoms with E-state index in [0.717, 1.165) is 104 Å². The molecule has 312 valence electrons. The Bertz CT molecular complexity index is 2580. The fraction of sp³-hybridized carbons (Fsp3) is 0.391. The van der Waals surface area contributed by atoms with E-state index in [0.29, 0.717) is 40.3 Å². The van der Waals surface area contributed by atoms with Gasteiger partial charge in [0.05, 0.1) is 35.0 Å². The standard InChI is InChI=1S/C46H47ClN10O3S/c1-27-28(2)61-46-42(27)43(51-39(25-41-49-20-23-59-41)44-55-52-29(3)57(44)46)32-8-6-30(7-9-32)4-5-31-18-21-56(22-19-31)40-17-16-38(53-54-40)45(58)50-34-11-14-35(15-12-34)60-36-13-10-33(26-48)37(47)24-36/h6-10,13,16-17,20,23-24,31,34-35,39H,4-5,11-12,14-15,18-19,21-22,25H2,1-3H3,(H,50,58)/t34?,35?,39-/m0/s1. The number of benzene rings is 2. The molecule has 1 aliphatic carbocycles. The summed E-state index contributed by atoms with van der Waals surface area (Å²) in [7, 11) is 0. The number of aryl methyl sites for hydroxylation is 3. The molecule has 3 aliphatic rings. The molecule has 6 heterocycles. The summed E-state index contributed by atoms with van der Waals surface area (Å²) in [5, 5.41) is 31.6. The number of carbonyl (C=O) groups is 1. The highest BCUT2D eigenvalue weighted by Crippen LogP contribution is 2.40. The van der Waals surface area contributed by atoms with E-state index in [2.05, 4.69) is 84.3 Å². The van der Waals surface area contributed by atoms with Gasteiger partial charge in [-0.05, 0) is 113 Å². The average Bonchev–Trinajstić information content (AvgIpc) is 3.99. The van der Waals surface area contributed by atoms with Gasteiger partial charge in [0, 0.05) is 41.2 Å². The molecule has 2 aliphatic heterocycles. The second-order valence-corrected chi connectivity index (χ2v) is 17.9. The van der Waals surface area contributed by atoms with E-state index < -0.39 is 0 Å². The van der Waals surface area contributed by atoms with E-state index in [-0.39, 0.29) is 24.1 Å². The Labute approximate surface area is 363 Å². The number of oxazole rings is 1. The maximum absolute atomic E-state index is 13.1. The van der Waals surface area contributed by atoms with Crippen molar-refractivity contribution in [3.05, 3.63) is 128 Å². The quantitative estimate of drug-likeness (QED) is 0.134. The molecule has 0 spiro atoms. The SMILES string of the molecule is Cc1sc2c(c1C)C(c1ccc(CCC3CCN(c4ccc(C(=O)NC5CCC(Oc6ccc(C#N)c(Cl)c6)CC5)nn4)CC3)cc1)=N[C@@H](Cc1ncco1)c1nnc(C)n1-2. The van der Waals surface area contributed by atoms with Gasteiger partial charge < -0.3 is 19.4 Å². The molecule has 6 aromatic rings. The Balaban J connectivity index is 0.764. The minimum Gasteiger partial charge on any atom is -0.490 e.